The van der Waals surface area contributed by atoms with E-state index in [1.807, 2.05) is 6.07 Å². The lowest BCUT2D eigenvalue weighted by molar-refractivity contribution is 0.645. The lowest BCUT2D eigenvalue weighted by atomic mass is 9.66. The molecule has 0 unspecified atom stereocenters. The third-order valence-electron chi connectivity index (χ3n) is 14.2. The molecule has 0 amide bonds. The topological polar surface area (TPSA) is 19.6 Å². The third-order valence-corrected chi connectivity index (χ3v) is 14.2. The minimum Gasteiger partial charge on any atom is -0.454 e. The monoisotopic (exact) mass is 870 g/mol. The lowest BCUT2D eigenvalue weighted by Crippen LogP contribution is -2.25. The van der Waals surface area contributed by atoms with Crippen LogP contribution in [0.25, 0.3) is 76.9 Å². The van der Waals surface area contributed by atoms with Gasteiger partial charge in [-0.2, -0.15) is 0 Å². The van der Waals surface area contributed by atoms with Gasteiger partial charge in [-0.05, 0) is 127 Å². The average molecular weight is 871 g/mol. The second-order valence-corrected chi connectivity index (χ2v) is 18.4. The molecule has 0 bridgehead atoms. The van der Waals surface area contributed by atoms with E-state index in [0.717, 1.165) is 56.1 Å². The van der Waals surface area contributed by atoms with E-state index in [1.54, 1.807) is 0 Å². The maximum absolute atomic E-state index is 6.71. The van der Waals surface area contributed by atoms with Gasteiger partial charge in [0.15, 0.2) is 5.58 Å². The summed E-state index contributed by atoms with van der Waals surface area (Å²) in [7, 11) is 0. The molecule has 13 rings (SSSR count). The molecule has 0 aliphatic heterocycles. The first-order valence-electron chi connectivity index (χ1n) is 23.5. The van der Waals surface area contributed by atoms with E-state index >= 15 is 0 Å². The van der Waals surface area contributed by atoms with Crippen LogP contribution < -0.4 is 9.80 Å². The summed E-state index contributed by atoms with van der Waals surface area (Å²) >= 11 is 0. The van der Waals surface area contributed by atoms with Crippen LogP contribution in [0.2, 0.25) is 0 Å². The number of hydrogen-bond acceptors (Lipinski definition) is 3. The van der Waals surface area contributed by atoms with Crippen molar-refractivity contribution in [1.29, 1.82) is 0 Å². The Hall–Kier alpha value is -8.66. The summed E-state index contributed by atoms with van der Waals surface area (Å²) in [6.45, 7) is 4.82. The Morgan fingerprint density at radius 2 is 0.897 bits per heavy atom. The van der Waals surface area contributed by atoms with Crippen molar-refractivity contribution in [3.63, 3.8) is 0 Å². The molecule has 68 heavy (non-hydrogen) atoms. The predicted molar refractivity (Wildman–Crippen MR) is 287 cm³/mol. The Morgan fingerprint density at radius 3 is 1.65 bits per heavy atom. The summed E-state index contributed by atoms with van der Waals surface area (Å²) in [6.07, 6.45) is 0. The summed E-state index contributed by atoms with van der Waals surface area (Å²) < 4.78 is 6.71. The molecule has 0 fully saturated rings. The van der Waals surface area contributed by atoms with E-state index in [9.17, 15) is 0 Å². The minimum absolute atomic E-state index is 0.342. The molecule has 322 valence electrons. The molecule has 0 N–H and O–H groups in total. The Kier molecular flexibility index (Phi) is 9.19. The predicted octanol–water partition coefficient (Wildman–Crippen LogP) is 18.5. The highest BCUT2D eigenvalue weighted by molar-refractivity contribution is 6.24. The fourth-order valence-electron chi connectivity index (χ4n) is 11.1. The van der Waals surface area contributed by atoms with E-state index < -0.39 is 0 Å². The van der Waals surface area contributed by atoms with Gasteiger partial charge in [0.1, 0.15) is 5.58 Å². The van der Waals surface area contributed by atoms with Crippen LogP contribution in [0, 0.1) is 0 Å². The molecular formula is C65H46N2O. The van der Waals surface area contributed by atoms with Gasteiger partial charge in [-0.1, -0.05) is 190 Å². The smallest absolute Gasteiger partial charge is 0.159 e. The van der Waals surface area contributed by atoms with Crippen LogP contribution in [-0.2, 0) is 5.41 Å². The molecule has 0 atom stereocenters. The number of furan rings is 1. The molecule has 3 nitrogen and oxygen atoms in total. The number of nitrogens with zero attached hydrogens (tertiary/aromatic N) is 2. The zero-order valence-electron chi connectivity index (χ0n) is 37.9. The Balaban J connectivity index is 1.06. The van der Waals surface area contributed by atoms with Crippen molar-refractivity contribution >= 4 is 77.6 Å². The van der Waals surface area contributed by atoms with Gasteiger partial charge in [0.05, 0.1) is 11.4 Å². The zero-order valence-corrected chi connectivity index (χ0v) is 37.9. The molecule has 1 aliphatic carbocycles. The second-order valence-electron chi connectivity index (χ2n) is 18.4. The molecule has 12 aromatic rings. The van der Waals surface area contributed by atoms with E-state index in [1.165, 1.54) is 66.1 Å². The molecule has 1 heterocycles. The minimum atomic E-state index is -0.342. The maximum Gasteiger partial charge on any atom is 0.159 e. The number of para-hydroxylation sites is 5. The van der Waals surface area contributed by atoms with Crippen molar-refractivity contribution in [2.45, 2.75) is 19.3 Å². The number of fused-ring (bicyclic) bond motifs is 7. The quantitative estimate of drug-likeness (QED) is 0.142. The van der Waals surface area contributed by atoms with Crippen molar-refractivity contribution in [3.05, 3.63) is 254 Å². The Bertz CT molecular complexity index is 3880. The van der Waals surface area contributed by atoms with Crippen LogP contribution in [0.5, 0.6) is 0 Å². The van der Waals surface area contributed by atoms with E-state index in [2.05, 4.69) is 260 Å². The fraction of sp³-hybridized carbons (Fsp3) is 0.0462. The molecule has 0 saturated carbocycles. The molecule has 3 heteroatoms. The van der Waals surface area contributed by atoms with Gasteiger partial charge in [-0.3, -0.25) is 0 Å². The van der Waals surface area contributed by atoms with Crippen LogP contribution >= 0.6 is 0 Å². The fourth-order valence-corrected chi connectivity index (χ4v) is 11.1. The van der Waals surface area contributed by atoms with Gasteiger partial charge in [-0.15, -0.1) is 0 Å². The lowest BCUT2D eigenvalue weighted by Gasteiger charge is -2.38. The summed E-state index contributed by atoms with van der Waals surface area (Å²) in [4.78, 5) is 4.79. The molecular weight excluding hydrogens is 825 g/mol. The average Bonchev–Trinajstić information content (AvgIpc) is 3.79. The van der Waals surface area contributed by atoms with E-state index in [4.69, 9.17) is 4.42 Å². The van der Waals surface area contributed by atoms with Gasteiger partial charge < -0.3 is 14.2 Å². The van der Waals surface area contributed by atoms with Crippen LogP contribution in [0.15, 0.2) is 247 Å². The first-order valence-corrected chi connectivity index (χ1v) is 23.5. The van der Waals surface area contributed by atoms with E-state index in [0.29, 0.717) is 0 Å². The van der Waals surface area contributed by atoms with Gasteiger partial charge in [-0.25, -0.2) is 0 Å². The summed E-state index contributed by atoms with van der Waals surface area (Å²) in [6, 6.07) is 88.0. The largest absolute Gasteiger partial charge is 0.454 e. The molecule has 1 aliphatic rings. The molecule has 0 saturated heterocycles. The Labute approximate surface area is 396 Å². The summed E-state index contributed by atoms with van der Waals surface area (Å²) in [5.41, 5.74) is 17.9. The van der Waals surface area contributed by atoms with Gasteiger partial charge in [0.25, 0.3) is 0 Å². The summed E-state index contributed by atoms with van der Waals surface area (Å²) in [5.74, 6) is 0. The standard InChI is InChI=1S/C65H46N2O/c1-65(2)56-33-19-31-51-55-41-47(67(46-27-13-6-14-28-46)59-35-20-32-53-50-30-16-18-36-60(50)68-64(53)59)37-39-52(55)61(44-23-9-4-10-24-44)63(62(51)56)54-40-38-48(42-57(54)65)66(45-25-11-5-12-26-45)58-34-17-15-29-49(58)43-21-7-3-8-22-43/h3-42H,1-2H3. The third kappa shape index (κ3) is 6.20. The highest BCUT2D eigenvalue weighted by atomic mass is 16.3. The van der Waals surface area contributed by atoms with Gasteiger partial charge in [0, 0.05) is 44.5 Å². The van der Waals surface area contributed by atoms with Crippen molar-refractivity contribution in [2.24, 2.45) is 0 Å². The first-order chi connectivity index (χ1) is 33.5. The number of hydrogen-bond donors (Lipinski definition) is 0. The van der Waals surface area contributed by atoms with Crippen molar-refractivity contribution in [2.75, 3.05) is 9.80 Å². The molecule has 1 aromatic heterocycles. The zero-order chi connectivity index (χ0) is 45.3. The SMILES string of the molecule is CC1(C)c2cc(N(c3ccccc3)c3ccccc3-c3ccccc3)ccc2-c2c(-c3ccccc3)c3ccc(N(c4ccccc4)c4cccc5c4oc4ccccc45)cc3c3cccc1c23. The van der Waals surface area contributed by atoms with Crippen LogP contribution in [0.4, 0.5) is 34.1 Å². The van der Waals surface area contributed by atoms with Crippen molar-refractivity contribution in [3.8, 4) is 33.4 Å². The normalized spacial score (nSPS) is 12.7. The Morgan fingerprint density at radius 1 is 0.338 bits per heavy atom. The summed E-state index contributed by atoms with van der Waals surface area (Å²) in [5, 5.41) is 7.19. The number of anilines is 6. The van der Waals surface area contributed by atoms with Crippen LogP contribution in [0.3, 0.4) is 0 Å². The van der Waals surface area contributed by atoms with E-state index in [-0.39, 0.29) is 5.41 Å². The van der Waals surface area contributed by atoms with Crippen molar-refractivity contribution in [1.82, 2.24) is 0 Å². The number of benzene rings is 11. The molecule has 0 radical (unpaired) electrons. The van der Waals surface area contributed by atoms with Crippen molar-refractivity contribution < 1.29 is 4.42 Å². The maximum atomic E-state index is 6.71. The van der Waals surface area contributed by atoms with Crippen LogP contribution in [-0.4, -0.2) is 0 Å². The second kappa shape index (κ2) is 15.8. The number of rotatable bonds is 8. The van der Waals surface area contributed by atoms with Gasteiger partial charge >= 0.3 is 0 Å². The highest BCUT2D eigenvalue weighted by Crippen LogP contribution is 2.56. The molecule has 0 spiro atoms. The first kappa shape index (κ1) is 39.7. The highest BCUT2D eigenvalue weighted by Gasteiger charge is 2.37. The van der Waals surface area contributed by atoms with Crippen LogP contribution in [0.1, 0.15) is 25.0 Å². The molecule has 11 aromatic carbocycles. The van der Waals surface area contributed by atoms with Gasteiger partial charge in [0.2, 0.25) is 0 Å².